The van der Waals surface area contributed by atoms with Gasteiger partial charge in [-0.15, -0.1) is 0 Å². The first-order chi connectivity index (χ1) is 10.2. The van der Waals surface area contributed by atoms with Crippen LogP contribution in [0.15, 0.2) is 42.6 Å². The fraction of sp³-hybridized carbons (Fsp3) is 0.250. The van der Waals surface area contributed by atoms with Gasteiger partial charge >= 0.3 is 0 Å². The Morgan fingerprint density at radius 3 is 2.95 bits per heavy atom. The summed E-state index contributed by atoms with van der Waals surface area (Å²) in [5.74, 6) is -0.374. The third-order valence-electron chi connectivity index (χ3n) is 3.61. The molecule has 1 aromatic heterocycles. The van der Waals surface area contributed by atoms with Crippen LogP contribution in [0.2, 0.25) is 0 Å². The predicted molar refractivity (Wildman–Crippen MR) is 80.3 cm³/mol. The van der Waals surface area contributed by atoms with Gasteiger partial charge in [-0.2, -0.15) is 0 Å². The van der Waals surface area contributed by atoms with E-state index in [0.29, 0.717) is 6.54 Å². The SMILES string of the molecule is CC1CN(C(=O)c2ncccc2O)c2ccccc2CN1. The minimum absolute atomic E-state index is 0.0846. The molecule has 1 aromatic carbocycles. The van der Waals surface area contributed by atoms with Crippen LogP contribution in [-0.2, 0) is 6.54 Å². The van der Waals surface area contributed by atoms with Crippen LogP contribution < -0.4 is 10.2 Å². The summed E-state index contributed by atoms with van der Waals surface area (Å²) in [6, 6.07) is 11.0. The Kier molecular flexibility index (Phi) is 3.58. The van der Waals surface area contributed by atoms with Crippen LogP contribution in [-0.4, -0.2) is 28.6 Å². The van der Waals surface area contributed by atoms with Gasteiger partial charge in [-0.1, -0.05) is 18.2 Å². The van der Waals surface area contributed by atoms with E-state index in [0.717, 1.165) is 17.8 Å². The highest BCUT2D eigenvalue weighted by atomic mass is 16.3. The third kappa shape index (κ3) is 2.60. The smallest absolute Gasteiger partial charge is 0.280 e. The molecule has 0 spiro atoms. The van der Waals surface area contributed by atoms with Crippen LogP contribution in [0.4, 0.5) is 5.69 Å². The Hall–Kier alpha value is -2.40. The van der Waals surface area contributed by atoms with E-state index in [4.69, 9.17) is 0 Å². The Labute approximate surface area is 123 Å². The predicted octanol–water partition coefficient (Wildman–Crippen LogP) is 1.93. The highest BCUT2D eigenvalue weighted by Gasteiger charge is 2.27. The fourth-order valence-corrected chi connectivity index (χ4v) is 2.53. The number of anilines is 1. The topological polar surface area (TPSA) is 65.5 Å². The van der Waals surface area contributed by atoms with Gasteiger partial charge < -0.3 is 15.3 Å². The lowest BCUT2D eigenvalue weighted by molar-refractivity contribution is 0.0977. The van der Waals surface area contributed by atoms with E-state index < -0.39 is 0 Å². The molecule has 108 valence electrons. The minimum atomic E-state index is -0.281. The summed E-state index contributed by atoms with van der Waals surface area (Å²) in [7, 11) is 0. The molecule has 1 aliphatic heterocycles. The van der Waals surface area contributed by atoms with Crippen LogP contribution in [0, 0.1) is 0 Å². The Morgan fingerprint density at radius 2 is 2.14 bits per heavy atom. The monoisotopic (exact) mass is 283 g/mol. The molecule has 0 radical (unpaired) electrons. The van der Waals surface area contributed by atoms with E-state index in [-0.39, 0.29) is 23.4 Å². The van der Waals surface area contributed by atoms with Crippen molar-refractivity contribution < 1.29 is 9.90 Å². The normalized spacial score (nSPS) is 18.0. The number of benzene rings is 1. The number of amides is 1. The molecule has 1 aliphatic rings. The highest BCUT2D eigenvalue weighted by Crippen LogP contribution is 2.26. The summed E-state index contributed by atoms with van der Waals surface area (Å²) in [6.07, 6.45) is 1.51. The number of para-hydroxylation sites is 1. The van der Waals surface area contributed by atoms with E-state index in [1.54, 1.807) is 11.0 Å². The number of hydrogen-bond acceptors (Lipinski definition) is 4. The van der Waals surface area contributed by atoms with Crippen molar-refractivity contribution in [2.24, 2.45) is 0 Å². The number of hydrogen-bond donors (Lipinski definition) is 2. The van der Waals surface area contributed by atoms with Crippen molar-refractivity contribution in [1.29, 1.82) is 0 Å². The molecular formula is C16H17N3O2. The molecule has 0 saturated heterocycles. The molecule has 21 heavy (non-hydrogen) atoms. The van der Waals surface area contributed by atoms with Gasteiger partial charge in [0.05, 0.1) is 0 Å². The minimum Gasteiger partial charge on any atom is -0.505 e. The van der Waals surface area contributed by atoms with E-state index >= 15 is 0 Å². The number of fused-ring (bicyclic) bond motifs is 1. The lowest BCUT2D eigenvalue weighted by Crippen LogP contribution is -2.40. The van der Waals surface area contributed by atoms with Crippen molar-refractivity contribution in [3.63, 3.8) is 0 Å². The maximum Gasteiger partial charge on any atom is 0.280 e. The molecular weight excluding hydrogens is 266 g/mol. The van der Waals surface area contributed by atoms with Gasteiger partial charge in [0.2, 0.25) is 0 Å². The maximum atomic E-state index is 12.8. The summed E-state index contributed by atoms with van der Waals surface area (Å²) in [5, 5.41) is 13.2. The van der Waals surface area contributed by atoms with E-state index in [2.05, 4.69) is 10.3 Å². The molecule has 1 atom stereocenters. The number of aromatic hydroxyl groups is 1. The first-order valence-electron chi connectivity index (χ1n) is 6.94. The first-order valence-corrected chi connectivity index (χ1v) is 6.94. The van der Waals surface area contributed by atoms with Gasteiger partial charge in [0, 0.05) is 31.0 Å². The van der Waals surface area contributed by atoms with Gasteiger partial charge in [-0.05, 0) is 30.7 Å². The second-order valence-corrected chi connectivity index (χ2v) is 5.20. The quantitative estimate of drug-likeness (QED) is 0.839. The van der Waals surface area contributed by atoms with E-state index in [9.17, 15) is 9.90 Å². The van der Waals surface area contributed by atoms with Crippen molar-refractivity contribution in [3.8, 4) is 5.75 Å². The zero-order valence-electron chi connectivity index (χ0n) is 11.8. The van der Waals surface area contributed by atoms with Gasteiger partial charge in [-0.25, -0.2) is 4.98 Å². The second kappa shape index (κ2) is 5.54. The average molecular weight is 283 g/mol. The molecule has 0 aliphatic carbocycles. The first kappa shape index (κ1) is 13.6. The van der Waals surface area contributed by atoms with E-state index in [1.165, 1.54) is 12.3 Å². The molecule has 5 nitrogen and oxygen atoms in total. The summed E-state index contributed by atoms with van der Waals surface area (Å²) in [5.41, 5.74) is 2.01. The van der Waals surface area contributed by atoms with Crippen molar-refractivity contribution in [1.82, 2.24) is 10.3 Å². The zero-order valence-corrected chi connectivity index (χ0v) is 11.8. The Balaban J connectivity index is 2.04. The van der Waals surface area contributed by atoms with Crippen LogP contribution in [0.5, 0.6) is 5.75 Å². The second-order valence-electron chi connectivity index (χ2n) is 5.20. The number of nitrogens with one attached hydrogen (secondary N) is 1. The number of carbonyl (C=O) groups is 1. The van der Waals surface area contributed by atoms with Crippen LogP contribution >= 0.6 is 0 Å². The summed E-state index contributed by atoms with van der Waals surface area (Å²) < 4.78 is 0. The highest BCUT2D eigenvalue weighted by molar-refractivity contribution is 6.06. The van der Waals surface area contributed by atoms with Crippen molar-refractivity contribution >= 4 is 11.6 Å². The molecule has 3 rings (SSSR count). The van der Waals surface area contributed by atoms with Crippen LogP contribution in [0.25, 0.3) is 0 Å². The summed E-state index contributed by atoms with van der Waals surface area (Å²) in [6.45, 7) is 3.28. The molecule has 2 heterocycles. The number of carbonyl (C=O) groups excluding carboxylic acids is 1. The molecule has 1 amide bonds. The lowest BCUT2D eigenvalue weighted by Gasteiger charge is -2.24. The standard InChI is InChI=1S/C16H17N3O2/c1-11-10-19(13-6-3-2-5-12(13)9-18-11)16(21)15-14(20)7-4-8-17-15/h2-8,11,18,20H,9-10H2,1H3. The maximum absolute atomic E-state index is 12.8. The van der Waals surface area contributed by atoms with Gasteiger partial charge in [-0.3, -0.25) is 4.79 Å². The zero-order chi connectivity index (χ0) is 14.8. The van der Waals surface area contributed by atoms with Gasteiger partial charge in [0.1, 0.15) is 5.75 Å². The molecule has 5 heteroatoms. The number of pyridine rings is 1. The largest absolute Gasteiger partial charge is 0.505 e. The van der Waals surface area contributed by atoms with Crippen LogP contribution in [0.1, 0.15) is 23.0 Å². The lowest BCUT2D eigenvalue weighted by atomic mass is 10.1. The van der Waals surface area contributed by atoms with Crippen LogP contribution in [0.3, 0.4) is 0 Å². The molecule has 2 N–H and O–H groups in total. The number of aromatic nitrogens is 1. The Bertz CT molecular complexity index is 672. The van der Waals surface area contributed by atoms with Gasteiger partial charge in [0.15, 0.2) is 5.69 Å². The Morgan fingerprint density at radius 1 is 1.33 bits per heavy atom. The average Bonchev–Trinajstić information content (AvgIpc) is 2.67. The molecule has 2 aromatic rings. The van der Waals surface area contributed by atoms with Gasteiger partial charge in [0.25, 0.3) is 5.91 Å². The molecule has 0 saturated carbocycles. The summed E-state index contributed by atoms with van der Waals surface area (Å²) in [4.78, 5) is 18.5. The molecule has 1 unspecified atom stereocenters. The molecule has 0 fully saturated rings. The fourth-order valence-electron chi connectivity index (χ4n) is 2.53. The molecule has 0 bridgehead atoms. The number of nitrogens with zero attached hydrogens (tertiary/aromatic N) is 2. The van der Waals surface area contributed by atoms with E-state index in [1.807, 2.05) is 31.2 Å². The van der Waals surface area contributed by atoms with Crippen molar-refractivity contribution in [2.75, 3.05) is 11.4 Å². The van der Waals surface area contributed by atoms with Crippen molar-refractivity contribution in [2.45, 2.75) is 19.5 Å². The van der Waals surface area contributed by atoms with Crippen molar-refractivity contribution in [3.05, 3.63) is 53.9 Å². The number of rotatable bonds is 1. The summed E-state index contributed by atoms with van der Waals surface area (Å²) >= 11 is 0. The third-order valence-corrected chi connectivity index (χ3v) is 3.61.